The highest BCUT2D eigenvalue weighted by atomic mass is 19.1. The molecule has 0 atom stereocenters. The van der Waals surface area contributed by atoms with Crippen LogP contribution in [0.3, 0.4) is 0 Å². The quantitative estimate of drug-likeness (QED) is 0.830. The van der Waals surface area contributed by atoms with Gasteiger partial charge in [-0.1, -0.05) is 0 Å². The number of carboxylic acid groups (broad SMARTS) is 1. The Morgan fingerprint density at radius 1 is 1.12 bits per heavy atom. The molecule has 1 aromatic heterocycles. The number of nitrogens with one attached hydrogen (secondary N) is 1. The number of carbonyl (C=O) groups excluding carboxylic acids is 1. The summed E-state index contributed by atoms with van der Waals surface area (Å²) in [5.74, 6) is -1.47. The maximum absolute atomic E-state index is 13.0. The molecule has 0 radical (unpaired) electrons. The van der Waals surface area contributed by atoms with E-state index >= 15 is 0 Å². The van der Waals surface area contributed by atoms with Crippen LogP contribution in [-0.2, 0) is 16.0 Å². The number of carbonyl (C=O) groups is 2. The summed E-state index contributed by atoms with van der Waals surface area (Å²) >= 11 is 0. The Morgan fingerprint density at radius 2 is 1.77 bits per heavy atom. The number of hydrogen-bond acceptors (Lipinski definition) is 3. The standard InChI is InChI=1S/C19H22FN3O3/c20-15-5-7-17(8-6-15)23-12-10-16(22-23)9-11-21-18(24)13-1-3-14(4-2-13)19(25)26/h5-8,10,12-14H,1-4,9,11H2,(H,21,24)(H,25,26). The highest BCUT2D eigenvalue weighted by Gasteiger charge is 2.29. The SMILES string of the molecule is O=C(O)C1CCC(C(=O)NCCc2ccn(-c3ccc(F)cc3)n2)CC1. The molecule has 2 aromatic rings. The van der Waals surface area contributed by atoms with Gasteiger partial charge >= 0.3 is 5.97 Å². The van der Waals surface area contributed by atoms with Crippen LogP contribution in [0.1, 0.15) is 31.4 Å². The predicted molar refractivity (Wildman–Crippen MR) is 93.3 cm³/mol. The Bertz CT molecular complexity index is 765. The summed E-state index contributed by atoms with van der Waals surface area (Å²) in [6, 6.07) is 7.95. The number of benzene rings is 1. The van der Waals surface area contributed by atoms with Crippen LogP contribution in [-0.4, -0.2) is 33.3 Å². The van der Waals surface area contributed by atoms with Gasteiger partial charge in [-0.15, -0.1) is 0 Å². The lowest BCUT2D eigenvalue weighted by atomic mass is 9.81. The topological polar surface area (TPSA) is 84.2 Å². The zero-order chi connectivity index (χ0) is 18.5. The minimum Gasteiger partial charge on any atom is -0.481 e. The van der Waals surface area contributed by atoms with E-state index in [1.165, 1.54) is 12.1 Å². The van der Waals surface area contributed by atoms with Crippen LogP contribution >= 0.6 is 0 Å². The fourth-order valence-corrected chi connectivity index (χ4v) is 3.29. The Kier molecular flexibility index (Phi) is 5.65. The summed E-state index contributed by atoms with van der Waals surface area (Å²) in [7, 11) is 0. The van der Waals surface area contributed by atoms with E-state index in [1.54, 1.807) is 23.0 Å². The van der Waals surface area contributed by atoms with Gasteiger partial charge in [0.25, 0.3) is 0 Å². The highest BCUT2D eigenvalue weighted by Crippen LogP contribution is 2.28. The molecule has 26 heavy (non-hydrogen) atoms. The first kappa shape index (κ1) is 18.1. The molecule has 3 rings (SSSR count). The number of aromatic nitrogens is 2. The Labute approximate surface area is 151 Å². The molecule has 6 nitrogen and oxygen atoms in total. The van der Waals surface area contributed by atoms with Crippen molar-refractivity contribution >= 4 is 11.9 Å². The van der Waals surface area contributed by atoms with Crippen LogP contribution in [0.15, 0.2) is 36.5 Å². The van der Waals surface area contributed by atoms with Crippen molar-refractivity contribution in [1.82, 2.24) is 15.1 Å². The summed E-state index contributed by atoms with van der Waals surface area (Å²) in [4.78, 5) is 23.2. The van der Waals surface area contributed by atoms with E-state index in [0.717, 1.165) is 11.4 Å². The van der Waals surface area contributed by atoms with Gasteiger partial charge < -0.3 is 10.4 Å². The molecule has 138 valence electrons. The van der Waals surface area contributed by atoms with Gasteiger partial charge in [0, 0.05) is 25.1 Å². The van der Waals surface area contributed by atoms with E-state index in [1.807, 2.05) is 6.07 Å². The van der Waals surface area contributed by atoms with Crippen LogP contribution in [0.2, 0.25) is 0 Å². The Morgan fingerprint density at radius 3 is 2.42 bits per heavy atom. The first-order chi connectivity index (χ1) is 12.5. The second-order valence-electron chi connectivity index (χ2n) is 6.66. The molecule has 0 aliphatic heterocycles. The number of hydrogen-bond donors (Lipinski definition) is 2. The molecule has 1 heterocycles. The Hall–Kier alpha value is -2.70. The molecule has 1 aliphatic carbocycles. The lowest BCUT2D eigenvalue weighted by molar-refractivity contribution is -0.144. The van der Waals surface area contributed by atoms with Crippen LogP contribution in [0, 0.1) is 17.7 Å². The summed E-state index contributed by atoms with van der Waals surface area (Å²) in [5.41, 5.74) is 1.61. The Balaban J connectivity index is 1.44. The molecule has 1 amide bonds. The third kappa shape index (κ3) is 4.47. The van der Waals surface area contributed by atoms with Crippen molar-refractivity contribution in [2.75, 3.05) is 6.54 Å². The van der Waals surface area contributed by atoms with Gasteiger partial charge in [0.2, 0.25) is 5.91 Å². The molecule has 1 aromatic carbocycles. The maximum atomic E-state index is 13.0. The fraction of sp³-hybridized carbons (Fsp3) is 0.421. The van der Waals surface area contributed by atoms with Crippen molar-refractivity contribution in [1.29, 1.82) is 0 Å². The fourth-order valence-electron chi connectivity index (χ4n) is 3.29. The van der Waals surface area contributed by atoms with Crippen molar-refractivity contribution in [3.63, 3.8) is 0 Å². The summed E-state index contributed by atoms with van der Waals surface area (Å²) in [5, 5.41) is 16.3. The lowest BCUT2D eigenvalue weighted by Gasteiger charge is -2.25. The molecule has 2 N–H and O–H groups in total. The van der Waals surface area contributed by atoms with Crippen LogP contribution in [0.5, 0.6) is 0 Å². The minimum atomic E-state index is -0.763. The number of amides is 1. The first-order valence-corrected chi connectivity index (χ1v) is 8.84. The molecule has 0 saturated heterocycles. The van der Waals surface area contributed by atoms with Gasteiger partial charge in [-0.25, -0.2) is 9.07 Å². The van der Waals surface area contributed by atoms with Gasteiger partial charge in [0.1, 0.15) is 5.82 Å². The third-order valence-corrected chi connectivity index (χ3v) is 4.86. The normalized spacial score (nSPS) is 19.9. The van der Waals surface area contributed by atoms with Crippen molar-refractivity contribution < 1.29 is 19.1 Å². The van der Waals surface area contributed by atoms with Crippen LogP contribution in [0.25, 0.3) is 5.69 Å². The van der Waals surface area contributed by atoms with E-state index in [9.17, 15) is 14.0 Å². The molecule has 0 bridgehead atoms. The van der Waals surface area contributed by atoms with Gasteiger partial charge in [-0.05, 0) is 56.0 Å². The van der Waals surface area contributed by atoms with Crippen molar-refractivity contribution in [3.8, 4) is 5.69 Å². The van der Waals surface area contributed by atoms with Crippen molar-refractivity contribution in [2.45, 2.75) is 32.1 Å². The van der Waals surface area contributed by atoms with E-state index in [0.29, 0.717) is 38.6 Å². The average Bonchev–Trinajstić information content (AvgIpc) is 3.11. The van der Waals surface area contributed by atoms with Crippen molar-refractivity contribution in [3.05, 3.63) is 48.0 Å². The minimum absolute atomic E-state index is 0.00759. The van der Waals surface area contributed by atoms with Gasteiger partial charge in [0.05, 0.1) is 17.3 Å². The molecular formula is C19H22FN3O3. The van der Waals surface area contributed by atoms with E-state index in [2.05, 4.69) is 10.4 Å². The van der Waals surface area contributed by atoms with Gasteiger partial charge in [-0.3, -0.25) is 9.59 Å². The van der Waals surface area contributed by atoms with E-state index in [4.69, 9.17) is 5.11 Å². The molecular weight excluding hydrogens is 337 g/mol. The van der Waals surface area contributed by atoms with Gasteiger partial charge in [-0.2, -0.15) is 5.10 Å². The van der Waals surface area contributed by atoms with Crippen molar-refractivity contribution in [2.24, 2.45) is 11.8 Å². The molecule has 0 unspecified atom stereocenters. The zero-order valence-electron chi connectivity index (χ0n) is 14.4. The third-order valence-electron chi connectivity index (χ3n) is 4.86. The zero-order valence-corrected chi connectivity index (χ0v) is 14.4. The second kappa shape index (κ2) is 8.12. The lowest BCUT2D eigenvalue weighted by Crippen LogP contribution is -2.35. The van der Waals surface area contributed by atoms with Crippen LogP contribution in [0.4, 0.5) is 4.39 Å². The highest BCUT2D eigenvalue weighted by molar-refractivity contribution is 5.79. The molecule has 7 heteroatoms. The number of carboxylic acids is 1. The number of halogens is 1. The largest absolute Gasteiger partial charge is 0.481 e. The summed E-state index contributed by atoms with van der Waals surface area (Å²) < 4.78 is 14.6. The second-order valence-corrected chi connectivity index (χ2v) is 6.66. The monoisotopic (exact) mass is 359 g/mol. The smallest absolute Gasteiger partial charge is 0.306 e. The maximum Gasteiger partial charge on any atom is 0.306 e. The molecule has 0 spiro atoms. The summed E-state index contributed by atoms with van der Waals surface area (Å²) in [6.07, 6.45) is 4.79. The van der Waals surface area contributed by atoms with Crippen LogP contribution < -0.4 is 5.32 Å². The first-order valence-electron chi connectivity index (χ1n) is 8.84. The summed E-state index contributed by atoms with van der Waals surface area (Å²) in [6.45, 7) is 0.484. The van der Waals surface area contributed by atoms with E-state index < -0.39 is 5.97 Å². The molecule has 1 aliphatic rings. The number of aliphatic carboxylic acids is 1. The van der Waals surface area contributed by atoms with Gasteiger partial charge in [0.15, 0.2) is 0 Å². The molecule has 1 saturated carbocycles. The average molecular weight is 359 g/mol. The number of rotatable bonds is 6. The molecule has 1 fully saturated rings. The predicted octanol–water partition coefficient (Wildman–Crippen LogP) is 2.56. The van der Waals surface area contributed by atoms with E-state index in [-0.39, 0.29) is 23.6 Å². The number of nitrogens with zero attached hydrogens (tertiary/aromatic N) is 2.